The molecule has 0 fully saturated rings. The summed E-state index contributed by atoms with van der Waals surface area (Å²) in [5.74, 6) is 0.389. The molecule has 100 valence electrons. The van der Waals surface area contributed by atoms with Crippen LogP contribution in [0.25, 0.3) is 16.5 Å². The van der Waals surface area contributed by atoms with Gasteiger partial charge >= 0.3 is 0 Å². The van der Waals surface area contributed by atoms with Crippen molar-refractivity contribution in [3.8, 4) is 11.4 Å². The standard InChI is InChI=1S/C17H15NO2/c1-12-17(20-2)16(19)10-11-18(12)15-9-5-7-13-6-3-4-8-14(13)15/h3-11H,1-2H3. The lowest BCUT2D eigenvalue weighted by atomic mass is 10.1. The Balaban J connectivity index is 2.35. The molecule has 3 nitrogen and oxygen atoms in total. The summed E-state index contributed by atoms with van der Waals surface area (Å²) < 4.78 is 7.21. The number of nitrogens with zero attached hydrogens (tertiary/aromatic N) is 1. The van der Waals surface area contributed by atoms with Crippen LogP contribution in [0.3, 0.4) is 0 Å². The molecular formula is C17H15NO2. The molecule has 0 saturated carbocycles. The topological polar surface area (TPSA) is 31.2 Å². The maximum absolute atomic E-state index is 11.8. The van der Waals surface area contributed by atoms with Crippen molar-refractivity contribution in [2.45, 2.75) is 6.92 Å². The Hall–Kier alpha value is -2.55. The first-order valence-electron chi connectivity index (χ1n) is 6.47. The zero-order valence-electron chi connectivity index (χ0n) is 11.5. The number of methoxy groups -OCH3 is 1. The normalized spacial score (nSPS) is 10.7. The van der Waals surface area contributed by atoms with E-state index >= 15 is 0 Å². The van der Waals surface area contributed by atoms with Crippen molar-refractivity contribution in [3.63, 3.8) is 0 Å². The lowest BCUT2D eigenvalue weighted by Gasteiger charge is -2.15. The van der Waals surface area contributed by atoms with E-state index in [2.05, 4.69) is 18.2 Å². The van der Waals surface area contributed by atoms with Crippen LogP contribution in [0.2, 0.25) is 0 Å². The summed E-state index contributed by atoms with van der Waals surface area (Å²) in [7, 11) is 1.52. The molecule has 0 amide bonds. The Labute approximate surface area is 117 Å². The Morgan fingerprint density at radius 2 is 1.75 bits per heavy atom. The van der Waals surface area contributed by atoms with E-state index in [1.54, 1.807) is 6.20 Å². The maximum atomic E-state index is 11.8. The van der Waals surface area contributed by atoms with Crippen LogP contribution in [-0.4, -0.2) is 11.7 Å². The van der Waals surface area contributed by atoms with Crippen LogP contribution in [0.5, 0.6) is 5.75 Å². The van der Waals surface area contributed by atoms with Gasteiger partial charge in [-0.3, -0.25) is 4.79 Å². The van der Waals surface area contributed by atoms with E-state index in [0.29, 0.717) is 5.75 Å². The number of hydrogen-bond acceptors (Lipinski definition) is 2. The quantitative estimate of drug-likeness (QED) is 0.712. The first-order chi connectivity index (χ1) is 9.72. The molecule has 1 aromatic heterocycles. The molecule has 20 heavy (non-hydrogen) atoms. The molecule has 3 heteroatoms. The Morgan fingerprint density at radius 1 is 1.00 bits per heavy atom. The van der Waals surface area contributed by atoms with Gasteiger partial charge in [0.1, 0.15) is 0 Å². The average Bonchev–Trinajstić information content (AvgIpc) is 2.48. The first-order valence-corrected chi connectivity index (χ1v) is 6.47. The molecule has 0 unspecified atom stereocenters. The molecule has 0 aliphatic heterocycles. The predicted octanol–water partition coefficient (Wildman–Crippen LogP) is 3.31. The van der Waals surface area contributed by atoms with E-state index in [-0.39, 0.29) is 5.43 Å². The van der Waals surface area contributed by atoms with Crippen LogP contribution >= 0.6 is 0 Å². The highest BCUT2D eigenvalue weighted by Gasteiger charge is 2.10. The molecule has 0 bridgehead atoms. The summed E-state index contributed by atoms with van der Waals surface area (Å²) in [4.78, 5) is 11.8. The van der Waals surface area contributed by atoms with Crippen LogP contribution in [0.4, 0.5) is 0 Å². The molecule has 2 aromatic carbocycles. The van der Waals surface area contributed by atoms with Crippen molar-refractivity contribution >= 4 is 10.8 Å². The van der Waals surface area contributed by atoms with Crippen LogP contribution in [-0.2, 0) is 0 Å². The number of ether oxygens (including phenoxy) is 1. The molecule has 3 aromatic rings. The average molecular weight is 265 g/mol. The zero-order valence-corrected chi connectivity index (χ0v) is 11.5. The summed E-state index contributed by atoms with van der Waals surface area (Å²) >= 11 is 0. The van der Waals surface area contributed by atoms with Gasteiger partial charge in [0, 0.05) is 17.6 Å². The van der Waals surface area contributed by atoms with E-state index in [1.165, 1.54) is 18.6 Å². The van der Waals surface area contributed by atoms with Crippen LogP contribution < -0.4 is 10.2 Å². The number of benzene rings is 2. The van der Waals surface area contributed by atoms with Crippen molar-refractivity contribution in [1.29, 1.82) is 0 Å². The molecule has 0 aliphatic carbocycles. The van der Waals surface area contributed by atoms with Crippen molar-refractivity contribution in [1.82, 2.24) is 4.57 Å². The van der Waals surface area contributed by atoms with Gasteiger partial charge < -0.3 is 9.30 Å². The van der Waals surface area contributed by atoms with Gasteiger partial charge in [0.25, 0.3) is 0 Å². The molecule has 0 spiro atoms. The third kappa shape index (κ3) is 1.88. The fourth-order valence-electron chi connectivity index (χ4n) is 2.55. The number of fused-ring (bicyclic) bond motifs is 1. The Kier molecular flexibility index (Phi) is 3.03. The van der Waals surface area contributed by atoms with Crippen LogP contribution in [0.1, 0.15) is 5.69 Å². The summed E-state index contributed by atoms with van der Waals surface area (Å²) in [5, 5.41) is 2.31. The number of rotatable bonds is 2. The van der Waals surface area contributed by atoms with Gasteiger partial charge in [-0.05, 0) is 18.4 Å². The fraction of sp³-hybridized carbons (Fsp3) is 0.118. The van der Waals surface area contributed by atoms with Gasteiger partial charge in [0.2, 0.25) is 5.43 Å². The molecule has 1 heterocycles. The number of pyridine rings is 1. The highest BCUT2D eigenvalue weighted by Crippen LogP contribution is 2.24. The van der Waals surface area contributed by atoms with Crippen LogP contribution in [0, 0.1) is 6.92 Å². The molecular weight excluding hydrogens is 250 g/mol. The highest BCUT2D eigenvalue weighted by atomic mass is 16.5. The Morgan fingerprint density at radius 3 is 2.55 bits per heavy atom. The molecule has 3 rings (SSSR count). The maximum Gasteiger partial charge on any atom is 0.223 e. The first kappa shape index (κ1) is 12.5. The van der Waals surface area contributed by atoms with E-state index in [0.717, 1.165) is 16.8 Å². The van der Waals surface area contributed by atoms with Gasteiger partial charge in [-0.15, -0.1) is 0 Å². The van der Waals surface area contributed by atoms with Crippen molar-refractivity contribution < 1.29 is 4.74 Å². The SMILES string of the molecule is COc1c(C)n(-c2cccc3ccccc23)ccc1=O. The monoisotopic (exact) mass is 265 g/mol. The van der Waals surface area contributed by atoms with E-state index < -0.39 is 0 Å². The van der Waals surface area contributed by atoms with Gasteiger partial charge in [-0.25, -0.2) is 0 Å². The number of hydrogen-bond donors (Lipinski definition) is 0. The Bertz CT molecular complexity index is 829. The molecule has 0 saturated heterocycles. The summed E-state index contributed by atoms with van der Waals surface area (Å²) in [5.41, 5.74) is 1.75. The van der Waals surface area contributed by atoms with E-state index in [4.69, 9.17) is 4.74 Å². The van der Waals surface area contributed by atoms with Gasteiger partial charge in [0.05, 0.1) is 18.5 Å². The lowest BCUT2D eigenvalue weighted by molar-refractivity contribution is 0.403. The molecule has 0 N–H and O–H groups in total. The lowest BCUT2D eigenvalue weighted by Crippen LogP contribution is -2.12. The summed E-state index contributed by atoms with van der Waals surface area (Å²) in [6.07, 6.45) is 1.79. The van der Waals surface area contributed by atoms with Crippen LogP contribution in [0.15, 0.2) is 59.5 Å². The second-order valence-corrected chi connectivity index (χ2v) is 4.67. The zero-order chi connectivity index (χ0) is 14.1. The second kappa shape index (κ2) is 4.85. The predicted molar refractivity (Wildman–Crippen MR) is 80.8 cm³/mol. The minimum Gasteiger partial charge on any atom is -0.491 e. The van der Waals surface area contributed by atoms with Crippen molar-refractivity contribution in [3.05, 3.63) is 70.6 Å². The fourth-order valence-corrected chi connectivity index (χ4v) is 2.55. The molecule has 0 radical (unpaired) electrons. The minimum atomic E-state index is -0.0958. The van der Waals surface area contributed by atoms with Gasteiger partial charge in [-0.2, -0.15) is 0 Å². The minimum absolute atomic E-state index is 0.0958. The third-order valence-electron chi connectivity index (χ3n) is 3.52. The highest BCUT2D eigenvalue weighted by molar-refractivity contribution is 5.90. The van der Waals surface area contributed by atoms with Gasteiger partial charge in [0.15, 0.2) is 5.75 Å². The van der Waals surface area contributed by atoms with E-state index in [1.807, 2.05) is 35.8 Å². The smallest absolute Gasteiger partial charge is 0.223 e. The second-order valence-electron chi connectivity index (χ2n) is 4.67. The van der Waals surface area contributed by atoms with Crippen molar-refractivity contribution in [2.75, 3.05) is 7.11 Å². The molecule has 0 atom stereocenters. The summed E-state index contributed by atoms with van der Waals surface area (Å²) in [6, 6.07) is 15.9. The number of aromatic nitrogens is 1. The third-order valence-corrected chi connectivity index (χ3v) is 3.52. The summed E-state index contributed by atoms with van der Waals surface area (Å²) in [6.45, 7) is 1.89. The van der Waals surface area contributed by atoms with E-state index in [9.17, 15) is 4.79 Å². The molecule has 0 aliphatic rings. The van der Waals surface area contributed by atoms with Gasteiger partial charge in [-0.1, -0.05) is 36.4 Å². The van der Waals surface area contributed by atoms with Crippen molar-refractivity contribution in [2.24, 2.45) is 0 Å². The largest absolute Gasteiger partial charge is 0.491 e.